The van der Waals surface area contributed by atoms with E-state index in [9.17, 15) is 23.3 Å². The molecule has 1 fully saturated rings. The van der Waals surface area contributed by atoms with Crippen LogP contribution in [0.5, 0.6) is 5.75 Å². The molecule has 0 bridgehead atoms. The summed E-state index contributed by atoms with van der Waals surface area (Å²) in [5.74, 6) is 0.276. The van der Waals surface area contributed by atoms with Crippen LogP contribution in [0.3, 0.4) is 0 Å². The number of para-hydroxylation sites is 1. The summed E-state index contributed by atoms with van der Waals surface area (Å²) in [6, 6.07) is 16.9. The lowest BCUT2D eigenvalue weighted by Gasteiger charge is -2.35. The number of methoxy groups -OCH3 is 1. The van der Waals surface area contributed by atoms with E-state index in [4.69, 9.17) is 4.74 Å². The van der Waals surface area contributed by atoms with Gasteiger partial charge in [0.15, 0.2) is 4.90 Å². The van der Waals surface area contributed by atoms with Crippen molar-refractivity contribution in [3.05, 3.63) is 76.3 Å². The average molecular weight is 484 g/mol. The van der Waals surface area contributed by atoms with Crippen molar-refractivity contribution >= 4 is 32.4 Å². The van der Waals surface area contributed by atoms with E-state index >= 15 is 0 Å². The molecule has 1 aliphatic rings. The molecule has 0 unspecified atom stereocenters. The first-order valence-electron chi connectivity index (χ1n) is 10.8. The van der Waals surface area contributed by atoms with Gasteiger partial charge in [-0.25, -0.2) is 8.42 Å². The van der Waals surface area contributed by atoms with Gasteiger partial charge in [-0.3, -0.25) is 14.9 Å². The highest BCUT2D eigenvalue weighted by atomic mass is 32.2. The predicted octanol–water partition coefficient (Wildman–Crippen LogP) is 3.39. The maximum Gasteiger partial charge on any atom is 0.289 e. The zero-order valence-corrected chi connectivity index (χ0v) is 19.7. The van der Waals surface area contributed by atoms with Crippen LogP contribution in [0.15, 0.2) is 65.6 Å². The smallest absolute Gasteiger partial charge is 0.289 e. The van der Waals surface area contributed by atoms with E-state index in [1.54, 1.807) is 12.0 Å². The summed E-state index contributed by atoms with van der Waals surface area (Å²) in [5, 5.41) is 13.3. The molecule has 1 atom stereocenters. The third kappa shape index (κ3) is 4.46. The van der Waals surface area contributed by atoms with Gasteiger partial charge in [-0.15, -0.1) is 0 Å². The first-order chi connectivity index (χ1) is 16.2. The summed E-state index contributed by atoms with van der Waals surface area (Å²) in [6.07, 6.45) is 0. The molecular weight excluding hydrogens is 458 g/mol. The van der Waals surface area contributed by atoms with Crippen molar-refractivity contribution in [1.82, 2.24) is 9.21 Å². The topological polar surface area (TPSA) is 110 Å². The van der Waals surface area contributed by atoms with E-state index in [0.717, 1.165) is 22.1 Å². The molecule has 3 aromatic rings. The number of nitro benzene ring substituents is 1. The van der Waals surface area contributed by atoms with E-state index in [1.165, 1.54) is 28.6 Å². The Kier molecular flexibility index (Phi) is 6.54. The highest BCUT2D eigenvalue weighted by Crippen LogP contribution is 2.29. The molecule has 0 spiro atoms. The van der Waals surface area contributed by atoms with Gasteiger partial charge < -0.3 is 9.64 Å². The number of piperazine rings is 1. The minimum atomic E-state index is -4.05. The lowest BCUT2D eigenvalue weighted by atomic mass is 9.96. The minimum Gasteiger partial charge on any atom is -0.497 e. The van der Waals surface area contributed by atoms with Crippen LogP contribution in [0.25, 0.3) is 10.8 Å². The number of hydrogen-bond donors (Lipinski definition) is 0. The lowest BCUT2D eigenvalue weighted by Crippen LogP contribution is -2.51. The summed E-state index contributed by atoms with van der Waals surface area (Å²) in [6.45, 7) is 2.42. The molecule has 3 aromatic carbocycles. The highest BCUT2D eigenvalue weighted by molar-refractivity contribution is 7.89. The number of nitrogens with zero attached hydrogens (tertiary/aromatic N) is 3. The van der Waals surface area contributed by atoms with Gasteiger partial charge in [-0.1, -0.05) is 36.4 Å². The Labute approximate surface area is 197 Å². The summed E-state index contributed by atoms with van der Waals surface area (Å²) in [7, 11) is -2.43. The Balaban J connectivity index is 1.46. The number of nitro groups is 1. The van der Waals surface area contributed by atoms with Gasteiger partial charge in [0.25, 0.3) is 5.69 Å². The lowest BCUT2D eigenvalue weighted by molar-refractivity contribution is -0.387. The fourth-order valence-corrected chi connectivity index (χ4v) is 5.75. The zero-order chi connectivity index (χ0) is 24.5. The van der Waals surface area contributed by atoms with Gasteiger partial charge in [0.05, 0.1) is 18.0 Å². The summed E-state index contributed by atoms with van der Waals surface area (Å²) in [5.41, 5.74) is 0.418. The summed E-state index contributed by atoms with van der Waals surface area (Å²) >= 11 is 0. The molecule has 4 rings (SSSR count). The Bertz CT molecular complexity index is 1350. The predicted molar refractivity (Wildman–Crippen MR) is 127 cm³/mol. The van der Waals surface area contributed by atoms with Crippen molar-refractivity contribution in [1.29, 1.82) is 0 Å². The van der Waals surface area contributed by atoms with E-state index < -0.39 is 26.6 Å². The monoisotopic (exact) mass is 483 g/mol. The number of carbonyl (C=O) groups is 1. The third-order valence-electron chi connectivity index (χ3n) is 6.17. The quantitative estimate of drug-likeness (QED) is 0.393. The van der Waals surface area contributed by atoms with Crippen LogP contribution in [-0.2, 0) is 14.8 Å². The van der Waals surface area contributed by atoms with Crippen LogP contribution in [-0.4, -0.2) is 61.7 Å². The standard InChI is InChI=1S/C24H25N3O6S/c1-17(18-7-8-20-16-21(33-2)10-9-19(20)15-18)24(28)25-11-13-26(14-12-25)34(31,32)23-6-4-3-5-22(23)27(29)30/h3-10,15-17H,11-14H2,1-2H3/t17-/m0/s1. The number of ether oxygens (including phenoxy) is 1. The van der Waals surface area contributed by atoms with Crippen molar-refractivity contribution in [3.63, 3.8) is 0 Å². The second kappa shape index (κ2) is 9.40. The maximum atomic E-state index is 13.2. The minimum absolute atomic E-state index is 0.0738. The van der Waals surface area contributed by atoms with Crippen LogP contribution in [0.2, 0.25) is 0 Å². The summed E-state index contributed by atoms with van der Waals surface area (Å²) < 4.78 is 32.5. The van der Waals surface area contributed by atoms with Gasteiger partial charge in [0, 0.05) is 32.2 Å². The maximum absolute atomic E-state index is 13.2. The summed E-state index contributed by atoms with van der Waals surface area (Å²) in [4.78, 5) is 25.0. The molecule has 9 nitrogen and oxygen atoms in total. The molecule has 0 aliphatic carbocycles. The van der Waals surface area contributed by atoms with Crippen molar-refractivity contribution in [2.24, 2.45) is 0 Å². The van der Waals surface area contributed by atoms with Gasteiger partial charge in [0.2, 0.25) is 15.9 Å². The number of amides is 1. The van der Waals surface area contributed by atoms with Crippen molar-refractivity contribution in [2.75, 3.05) is 33.3 Å². The molecule has 1 saturated heterocycles. The van der Waals surface area contributed by atoms with Gasteiger partial charge in [0.1, 0.15) is 5.75 Å². The fourth-order valence-electron chi connectivity index (χ4n) is 4.17. The molecule has 1 amide bonds. The van der Waals surface area contributed by atoms with Crippen LogP contribution < -0.4 is 4.74 Å². The Morgan fingerprint density at radius 2 is 1.65 bits per heavy atom. The van der Waals surface area contributed by atoms with Crippen LogP contribution >= 0.6 is 0 Å². The Hall–Kier alpha value is -3.50. The van der Waals surface area contributed by atoms with Crippen molar-refractivity contribution in [2.45, 2.75) is 17.7 Å². The first kappa shape index (κ1) is 23.7. The second-order valence-corrected chi connectivity index (χ2v) is 10.1. The Morgan fingerprint density at radius 3 is 2.32 bits per heavy atom. The molecule has 0 N–H and O–H groups in total. The molecule has 0 saturated carbocycles. The number of rotatable bonds is 6. The van der Waals surface area contributed by atoms with E-state index in [-0.39, 0.29) is 37.0 Å². The molecule has 10 heteroatoms. The molecular formula is C24H25N3O6S. The normalized spacial score (nSPS) is 15.8. The highest BCUT2D eigenvalue weighted by Gasteiger charge is 2.35. The van der Waals surface area contributed by atoms with Crippen LogP contribution in [0, 0.1) is 10.1 Å². The average Bonchev–Trinajstić information content (AvgIpc) is 2.87. The van der Waals surface area contributed by atoms with E-state index in [2.05, 4.69) is 0 Å². The molecule has 0 radical (unpaired) electrons. The molecule has 178 valence electrons. The van der Waals surface area contributed by atoms with Gasteiger partial charge in [-0.2, -0.15) is 4.31 Å². The van der Waals surface area contributed by atoms with Gasteiger partial charge >= 0.3 is 0 Å². The number of hydrogen-bond acceptors (Lipinski definition) is 6. The number of carbonyl (C=O) groups excluding carboxylic acids is 1. The largest absolute Gasteiger partial charge is 0.497 e. The SMILES string of the molecule is COc1ccc2cc([C@H](C)C(=O)N3CCN(S(=O)(=O)c4ccccc4[N+](=O)[O-])CC3)ccc2c1. The number of benzene rings is 3. The number of fused-ring (bicyclic) bond motifs is 1. The van der Waals surface area contributed by atoms with Gasteiger partial charge in [-0.05, 0) is 41.5 Å². The van der Waals surface area contributed by atoms with Crippen molar-refractivity contribution < 1.29 is 22.9 Å². The van der Waals surface area contributed by atoms with Crippen LogP contribution in [0.1, 0.15) is 18.4 Å². The molecule has 34 heavy (non-hydrogen) atoms. The van der Waals surface area contributed by atoms with E-state index in [0.29, 0.717) is 0 Å². The first-order valence-corrected chi connectivity index (χ1v) is 12.3. The fraction of sp³-hybridized carbons (Fsp3) is 0.292. The zero-order valence-electron chi connectivity index (χ0n) is 18.9. The molecule has 1 heterocycles. The van der Waals surface area contributed by atoms with E-state index in [1.807, 2.05) is 43.3 Å². The Morgan fingerprint density at radius 1 is 1.00 bits per heavy atom. The van der Waals surface area contributed by atoms with Crippen LogP contribution in [0.4, 0.5) is 5.69 Å². The second-order valence-electron chi connectivity index (χ2n) is 8.15. The third-order valence-corrected chi connectivity index (χ3v) is 8.12. The van der Waals surface area contributed by atoms with Crippen molar-refractivity contribution in [3.8, 4) is 5.75 Å². The molecule has 0 aromatic heterocycles. The number of sulfonamides is 1. The molecule has 1 aliphatic heterocycles.